The summed E-state index contributed by atoms with van der Waals surface area (Å²) in [6, 6.07) is 8.19. The van der Waals surface area contributed by atoms with Crippen LogP contribution in [0, 0.1) is 6.92 Å². The Morgan fingerprint density at radius 2 is 2.17 bits per heavy atom. The summed E-state index contributed by atoms with van der Waals surface area (Å²) in [7, 11) is 0. The van der Waals surface area contributed by atoms with Crippen molar-refractivity contribution in [1.82, 2.24) is 20.2 Å². The van der Waals surface area contributed by atoms with Crippen molar-refractivity contribution >= 4 is 0 Å². The predicted octanol–water partition coefficient (Wildman–Crippen LogP) is 3.76. The Morgan fingerprint density at radius 1 is 1.21 bits per heavy atom. The minimum absolute atomic E-state index is 0.281. The van der Waals surface area contributed by atoms with E-state index in [1.165, 1.54) is 12.8 Å². The molecule has 0 bridgehead atoms. The fourth-order valence-corrected chi connectivity index (χ4v) is 3.30. The van der Waals surface area contributed by atoms with Gasteiger partial charge in [-0.2, -0.15) is 0 Å². The first kappa shape index (κ1) is 15.1. The number of hydrogen-bond acceptors (Lipinski definition) is 6. The van der Waals surface area contributed by atoms with E-state index in [4.69, 9.17) is 9.05 Å². The topological polar surface area (TPSA) is 68.2 Å². The van der Waals surface area contributed by atoms with Gasteiger partial charge in [0, 0.05) is 30.1 Å². The number of nitrogens with zero attached hydrogens (tertiary/aromatic N) is 4. The van der Waals surface area contributed by atoms with Gasteiger partial charge < -0.3 is 9.05 Å². The van der Waals surface area contributed by atoms with Crippen molar-refractivity contribution in [3.8, 4) is 11.3 Å². The zero-order valence-corrected chi connectivity index (χ0v) is 13.7. The van der Waals surface area contributed by atoms with Crippen molar-refractivity contribution in [2.24, 2.45) is 0 Å². The fraction of sp³-hybridized carbons (Fsp3) is 0.389. The van der Waals surface area contributed by atoms with Gasteiger partial charge in [0.2, 0.25) is 0 Å². The van der Waals surface area contributed by atoms with Gasteiger partial charge >= 0.3 is 0 Å². The largest absolute Gasteiger partial charge is 0.361 e. The van der Waals surface area contributed by atoms with Gasteiger partial charge in [-0.05, 0) is 38.4 Å². The van der Waals surface area contributed by atoms with Crippen LogP contribution in [0.3, 0.4) is 0 Å². The van der Waals surface area contributed by atoms with Crippen LogP contribution in [0.4, 0.5) is 0 Å². The van der Waals surface area contributed by atoms with E-state index >= 15 is 0 Å². The lowest BCUT2D eigenvalue weighted by molar-refractivity contribution is 0.120. The second-order valence-corrected chi connectivity index (χ2v) is 6.26. The van der Waals surface area contributed by atoms with Crippen LogP contribution in [0.15, 0.2) is 45.7 Å². The molecule has 1 saturated heterocycles. The predicted molar refractivity (Wildman–Crippen MR) is 88.0 cm³/mol. The van der Waals surface area contributed by atoms with Crippen LogP contribution >= 0.6 is 0 Å². The van der Waals surface area contributed by atoms with Crippen LogP contribution in [-0.2, 0) is 6.54 Å². The molecule has 4 heterocycles. The quantitative estimate of drug-likeness (QED) is 0.728. The van der Waals surface area contributed by atoms with E-state index in [1.54, 1.807) is 12.4 Å². The lowest BCUT2D eigenvalue weighted by Gasteiger charge is -2.33. The summed E-state index contributed by atoms with van der Waals surface area (Å²) in [5.74, 6) is 1.72. The second kappa shape index (κ2) is 6.57. The maximum absolute atomic E-state index is 5.55. The molecule has 1 fully saturated rings. The van der Waals surface area contributed by atoms with E-state index < -0.39 is 0 Å². The Balaban J connectivity index is 1.52. The van der Waals surface area contributed by atoms with Crippen LogP contribution in [-0.4, -0.2) is 26.7 Å². The third-order valence-electron chi connectivity index (χ3n) is 4.48. The zero-order valence-electron chi connectivity index (χ0n) is 13.7. The molecule has 4 rings (SSSR count). The number of aryl methyl sites for hydroxylation is 1. The average Bonchev–Trinajstić information content (AvgIpc) is 3.25. The Bertz CT molecular complexity index is 796. The van der Waals surface area contributed by atoms with E-state index in [-0.39, 0.29) is 6.04 Å². The van der Waals surface area contributed by atoms with E-state index in [9.17, 15) is 0 Å². The minimum Gasteiger partial charge on any atom is -0.361 e. The smallest absolute Gasteiger partial charge is 0.151 e. The van der Waals surface area contributed by atoms with Crippen LogP contribution in [0.5, 0.6) is 0 Å². The summed E-state index contributed by atoms with van der Waals surface area (Å²) in [4.78, 5) is 6.53. The molecule has 3 aromatic heterocycles. The highest BCUT2D eigenvalue weighted by Crippen LogP contribution is 2.32. The van der Waals surface area contributed by atoms with Gasteiger partial charge in [0.1, 0.15) is 17.1 Å². The third-order valence-corrected chi connectivity index (χ3v) is 4.48. The van der Waals surface area contributed by atoms with Crippen LogP contribution in [0.2, 0.25) is 0 Å². The molecule has 3 aromatic rings. The summed E-state index contributed by atoms with van der Waals surface area (Å²) in [6.07, 6.45) is 7.04. The van der Waals surface area contributed by atoms with Gasteiger partial charge in [-0.25, -0.2) is 0 Å². The first-order chi connectivity index (χ1) is 11.8. The maximum Gasteiger partial charge on any atom is 0.151 e. The molecule has 6 heteroatoms. The van der Waals surface area contributed by atoms with Crippen molar-refractivity contribution in [3.63, 3.8) is 0 Å². The van der Waals surface area contributed by atoms with E-state index in [1.807, 2.05) is 31.2 Å². The summed E-state index contributed by atoms with van der Waals surface area (Å²) in [6.45, 7) is 3.68. The highest BCUT2D eigenvalue weighted by atomic mass is 16.5. The molecule has 0 aliphatic carbocycles. The van der Waals surface area contributed by atoms with E-state index in [2.05, 4.69) is 20.2 Å². The molecule has 1 atom stereocenters. The Morgan fingerprint density at radius 3 is 2.96 bits per heavy atom. The Kier molecular flexibility index (Phi) is 4.13. The van der Waals surface area contributed by atoms with Crippen molar-refractivity contribution in [1.29, 1.82) is 0 Å². The molecule has 124 valence electrons. The number of pyridine rings is 1. The number of piperidine rings is 1. The Hall–Kier alpha value is -2.47. The molecule has 1 aliphatic heterocycles. The van der Waals surface area contributed by atoms with Gasteiger partial charge in [0.05, 0.1) is 12.6 Å². The lowest BCUT2D eigenvalue weighted by Crippen LogP contribution is -2.33. The van der Waals surface area contributed by atoms with Crippen molar-refractivity contribution in [3.05, 3.63) is 53.9 Å². The third kappa shape index (κ3) is 3.10. The average molecular weight is 324 g/mol. The first-order valence-electron chi connectivity index (χ1n) is 8.33. The van der Waals surface area contributed by atoms with Gasteiger partial charge in [0.25, 0.3) is 0 Å². The molecule has 24 heavy (non-hydrogen) atoms. The number of aromatic nitrogens is 3. The molecule has 1 unspecified atom stereocenters. The van der Waals surface area contributed by atoms with Crippen LogP contribution in [0.25, 0.3) is 11.3 Å². The zero-order chi connectivity index (χ0) is 16.4. The standard InChI is InChI=1S/C18H20N4O2/c1-13-9-17(21-23-13)18-6-2-3-8-22(18)12-15-10-16(20-24-15)14-5-4-7-19-11-14/h4-5,7,9-11,18H,2-3,6,8,12H2,1H3. The number of rotatable bonds is 4. The molecular weight excluding hydrogens is 304 g/mol. The van der Waals surface area contributed by atoms with Gasteiger partial charge in [-0.1, -0.05) is 16.7 Å². The molecule has 1 aliphatic rings. The molecule has 0 amide bonds. The SMILES string of the molecule is Cc1cc(C2CCCCN2Cc2cc(-c3cccnc3)no2)no1. The number of likely N-dealkylation sites (tertiary alicyclic amines) is 1. The van der Waals surface area contributed by atoms with Gasteiger partial charge in [-0.3, -0.25) is 9.88 Å². The molecule has 0 aromatic carbocycles. The monoisotopic (exact) mass is 324 g/mol. The van der Waals surface area contributed by atoms with E-state index in [0.29, 0.717) is 0 Å². The number of hydrogen-bond donors (Lipinski definition) is 0. The summed E-state index contributed by atoms with van der Waals surface area (Å²) in [5, 5.41) is 8.39. The highest BCUT2D eigenvalue weighted by Gasteiger charge is 2.27. The van der Waals surface area contributed by atoms with Crippen molar-refractivity contribution < 1.29 is 9.05 Å². The summed E-state index contributed by atoms with van der Waals surface area (Å²) >= 11 is 0. The molecule has 0 radical (unpaired) electrons. The first-order valence-corrected chi connectivity index (χ1v) is 8.33. The van der Waals surface area contributed by atoms with Crippen LogP contribution in [0.1, 0.15) is 42.5 Å². The minimum atomic E-state index is 0.281. The van der Waals surface area contributed by atoms with Crippen LogP contribution < -0.4 is 0 Å². The molecule has 6 nitrogen and oxygen atoms in total. The summed E-state index contributed by atoms with van der Waals surface area (Å²) < 4.78 is 10.8. The molecule has 0 spiro atoms. The fourth-order valence-electron chi connectivity index (χ4n) is 3.30. The molecule has 0 N–H and O–H groups in total. The van der Waals surface area contributed by atoms with Crippen molar-refractivity contribution in [2.45, 2.75) is 38.8 Å². The van der Waals surface area contributed by atoms with Crippen molar-refractivity contribution in [2.75, 3.05) is 6.54 Å². The summed E-state index contributed by atoms with van der Waals surface area (Å²) in [5.41, 5.74) is 2.80. The highest BCUT2D eigenvalue weighted by molar-refractivity contribution is 5.57. The van der Waals surface area contributed by atoms with E-state index in [0.717, 1.165) is 48.0 Å². The molecular formula is C18H20N4O2. The lowest BCUT2D eigenvalue weighted by atomic mass is 9.99. The normalized spacial score (nSPS) is 18.8. The maximum atomic E-state index is 5.55. The molecule has 0 saturated carbocycles. The van der Waals surface area contributed by atoms with Gasteiger partial charge in [-0.15, -0.1) is 0 Å². The van der Waals surface area contributed by atoms with Gasteiger partial charge in [0.15, 0.2) is 5.76 Å². The Labute approximate surface area is 140 Å². The second-order valence-electron chi connectivity index (χ2n) is 6.26.